The van der Waals surface area contributed by atoms with Crippen molar-refractivity contribution in [1.82, 2.24) is 16.0 Å². The maximum atomic E-state index is 12.3. The molecule has 12 heteroatoms. The molecule has 4 unspecified atom stereocenters. The van der Waals surface area contributed by atoms with E-state index in [0.717, 1.165) is 0 Å². The summed E-state index contributed by atoms with van der Waals surface area (Å²) in [5, 5.41) is 34.7. The lowest BCUT2D eigenvalue weighted by atomic mass is 10.0. The fraction of sp³-hybridized carbons (Fsp3) is 0.765. The first kappa shape index (κ1) is 27.1. The fourth-order valence-electron chi connectivity index (χ4n) is 2.32. The minimum atomic E-state index is -1.45. The van der Waals surface area contributed by atoms with E-state index in [4.69, 9.17) is 10.8 Å². The Hall–Kier alpha value is -1.89. The van der Waals surface area contributed by atoms with Gasteiger partial charge in [-0.3, -0.25) is 14.4 Å². The summed E-state index contributed by atoms with van der Waals surface area (Å²) in [6.45, 7) is 2.19. The van der Waals surface area contributed by atoms with Crippen LogP contribution in [0.1, 0.15) is 26.7 Å². The van der Waals surface area contributed by atoms with Gasteiger partial charge >= 0.3 is 5.97 Å². The number of aliphatic carboxylic acids is 1. The molecule has 11 nitrogen and oxygen atoms in total. The second-order valence-electron chi connectivity index (χ2n) is 6.90. The van der Waals surface area contributed by atoms with E-state index >= 15 is 0 Å². The standard InChI is InChI=1S/C17H32N4O7S/c1-9(2)6-10(18)14(24)20-12(7-22)16(26)21-13(8-23)15(25)19-11(17(27)28)4-5-29-3/h9-13,22-23H,4-8,18H2,1-3H3,(H,19,25)(H,20,24)(H,21,26)(H,27,28). The maximum Gasteiger partial charge on any atom is 0.326 e. The summed E-state index contributed by atoms with van der Waals surface area (Å²) >= 11 is 1.41. The zero-order chi connectivity index (χ0) is 22.6. The molecule has 29 heavy (non-hydrogen) atoms. The van der Waals surface area contributed by atoms with E-state index in [2.05, 4.69) is 16.0 Å². The predicted octanol–water partition coefficient (Wildman–Crippen LogP) is -2.36. The van der Waals surface area contributed by atoms with Crippen LogP contribution in [0, 0.1) is 5.92 Å². The molecule has 0 rings (SSSR count). The summed E-state index contributed by atoms with van der Waals surface area (Å²) in [4.78, 5) is 47.8. The molecule has 3 amide bonds. The second kappa shape index (κ2) is 14.1. The van der Waals surface area contributed by atoms with Gasteiger partial charge in [-0.2, -0.15) is 11.8 Å². The van der Waals surface area contributed by atoms with Crippen molar-refractivity contribution in [3.63, 3.8) is 0 Å². The molecule has 0 aromatic carbocycles. The predicted molar refractivity (Wildman–Crippen MR) is 108 cm³/mol. The molecule has 0 aliphatic rings. The van der Waals surface area contributed by atoms with Crippen LogP contribution in [0.3, 0.4) is 0 Å². The molecule has 0 radical (unpaired) electrons. The van der Waals surface area contributed by atoms with Gasteiger partial charge in [0, 0.05) is 0 Å². The van der Waals surface area contributed by atoms with Crippen molar-refractivity contribution < 1.29 is 34.5 Å². The number of hydrogen-bond donors (Lipinski definition) is 7. The monoisotopic (exact) mass is 436 g/mol. The van der Waals surface area contributed by atoms with Crippen LogP contribution >= 0.6 is 11.8 Å². The molecular weight excluding hydrogens is 404 g/mol. The van der Waals surface area contributed by atoms with E-state index in [1.807, 2.05) is 13.8 Å². The number of carboxylic acids is 1. The lowest BCUT2D eigenvalue weighted by Crippen LogP contribution is -2.59. The lowest BCUT2D eigenvalue weighted by Gasteiger charge is -2.23. The highest BCUT2D eigenvalue weighted by Crippen LogP contribution is 2.04. The van der Waals surface area contributed by atoms with Gasteiger partial charge in [-0.05, 0) is 30.8 Å². The van der Waals surface area contributed by atoms with Gasteiger partial charge in [0.25, 0.3) is 0 Å². The molecule has 0 saturated carbocycles. The molecule has 0 aromatic heterocycles. The van der Waals surface area contributed by atoms with E-state index in [1.54, 1.807) is 6.26 Å². The topological polar surface area (TPSA) is 191 Å². The average molecular weight is 437 g/mol. The van der Waals surface area contributed by atoms with E-state index in [0.29, 0.717) is 12.2 Å². The van der Waals surface area contributed by atoms with Gasteiger partial charge in [0.1, 0.15) is 18.1 Å². The molecule has 0 aromatic rings. The van der Waals surface area contributed by atoms with Crippen LogP contribution in [0.4, 0.5) is 0 Å². The van der Waals surface area contributed by atoms with Crippen LogP contribution in [0.2, 0.25) is 0 Å². The minimum absolute atomic E-state index is 0.146. The van der Waals surface area contributed by atoms with Crippen molar-refractivity contribution in [2.24, 2.45) is 11.7 Å². The van der Waals surface area contributed by atoms with E-state index in [9.17, 15) is 29.4 Å². The van der Waals surface area contributed by atoms with Crippen LogP contribution in [-0.4, -0.2) is 88.4 Å². The smallest absolute Gasteiger partial charge is 0.326 e. The Labute approximate surface area is 174 Å². The largest absolute Gasteiger partial charge is 0.480 e. The zero-order valence-electron chi connectivity index (χ0n) is 16.9. The number of carbonyl (C=O) groups excluding carboxylic acids is 3. The number of hydrogen-bond acceptors (Lipinski definition) is 8. The number of thioether (sulfide) groups is 1. The molecule has 0 spiro atoms. The number of amides is 3. The second-order valence-corrected chi connectivity index (χ2v) is 7.89. The number of carbonyl (C=O) groups is 4. The summed E-state index contributed by atoms with van der Waals surface area (Å²) < 4.78 is 0. The summed E-state index contributed by atoms with van der Waals surface area (Å²) in [6, 6.07) is -4.88. The molecule has 0 bridgehead atoms. The van der Waals surface area contributed by atoms with Crippen LogP contribution in [0.25, 0.3) is 0 Å². The van der Waals surface area contributed by atoms with Crippen LogP contribution in [0.5, 0.6) is 0 Å². The average Bonchev–Trinajstić information content (AvgIpc) is 2.65. The molecule has 8 N–H and O–H groups in total. The minimum Gasteiger partial charge on any atom is -0.480 e. The van der Waals surface area contributed by atoms with Gasteiger partial charge in [0.2, 0.25) is 17.7 Å². The van der Waals surface area contributed by atoms with Crippen LogP contribution in [0.15, 0.2) is 0 Å². The number of rotatable bonds is 14. The van der Waals surface area contributed by atoms with Gasteiger partial charge in [0.05, 0.1) is 19.3 Å². The van der Waals surface area contributed by atoms with Crippen LogP contribution < -0.4 is 21.7 Å². The third-order valence-electron chi connectivity index (χ3n) is 3.92. The Morgan fingerprint density at radius 2 is 1.34 bits per heavy atom. The summed E-state index contributed by atoms with van der Waals surface area (Å²) in [5.74, 6) is -3.05. The fourth-order valence-corrected chi connectivity index (χ4v) is 2.79. The Morgan fingerprint density at radius 1 is 0.897 bits per heavy atom. The Bertz CT molecular complexity index is 562. The highest BCUT2D eigenvalue weighted by atomic mass is 32.2. The molecule has 0 fully saturated rings. The number of carboxylic acid groups (broad SMARTS) is 1. The van der Waals surface area contributed by atoms with Gasteiger partial charge in [0.15, 0.2) is 0 Å². The molecule has 4 atom stereocenters. The molecule has 0 heterocycles. The van der Waals surface area contributed by atoms with Crippen molar-refractivity contribution in [1.29, 1.82) is 0 Å². The third-order valence-corrected chi connectivity index (χ3v) is 4.56. The van der Waals surface area contributed by atoms with E-state index < -0.39 is 61.1 Å². The van der Waals surface area contributed by atoms with Crippen molar-refractivity contribution in [2.75, 3.05) is 25.2 Å². The molecule has 0 saturated heterocycles. The Kier molecular flexibility index (Phi) is 13.2. The summed E-state index contributed by atoms with van der Waals surface area (Å²) in [7, 11) is 0. The van der Waals surface area contributed by atoms with Crippen molar-refractivity contribution in [3.05, 3.63) is 0 Å². The van der Waals surface area contributed by atoms with E-state index in [-0.39, 0.29) is 12.3 Å². The van der Waals surface area contributed by atoms with Gasteiger partial charge in [-0.1, -0.05) is 13.8 Å². The van der Waals surface area contributed by atoms with Crippen LogP contribution in [-0.2, 0) is 19.2 Å². The first-order chi connectivity index (χ1) is 13.6. The summed E-state index contributed by atoms with van der Waals surface area (Å²) in [6.07, 6.45) is 2.32. The number of nitrogens with two attached hydrogens (primary N) is 1. The highest BCUT2D eigenvalue weighted by molar-refractivity contribution is 7.98. The van der Waals surface area contributed by atoms with E-state index in [1.165, 1.54) is 11.8 Å². The van der Waals surface area contributed by atoms with Crippen molar-refractivity contribution >= 4 is 35.5 Å². The first-order valence-electron chi connectivity index (χ1n) is 9.17. The van der Waals surface area contributed by atoms with Gasteiger partial charge in [-0.15, -0.1) is 0 Å². The first-order valence-corrected chi connectivity index (χ1v) is 10.6. The third kappa shape index (κ3) is 10.5. The van der Waals surface area contributed by atoms with Gasteiger partial charge < -0.3 is 37.0 Å². The quantitative estimate of drug-likeness (QED) is 0.156. The summed E-state index contributed by atoms with van der Waals surface area (Å²) in [5.41, 5.74) is 5.73. The molecule has 0 aliphatic heterocycles. The number of nitrogens with one attached hydrogen (secondary N) is 3. The Morgan fingerprint density at radius 3 is 1.72 bits per heavy atom. The molecule has 168 valence electrons. The molecular formula is C17H32N4O7S. The zero-order valence-corrected chi connectivity index (χ0v) is 17.7. The molecule has 0 aliphatic carbocycles. The van der Waals surface area contributed by atoms with Crippen molar-refractivity contribution in [2.45, 2.75) is 50.9 Å². The Balaban J connectivity index is 4.93. The van der Waals surface area contributed by atoms with Crippen molar-refractivity contribution in [3.8, 4) is 0 Å². The van der Waals surface area contributed by atoms with Gasteiger partial charge in [-0.25, -0.2) is 4.79 Å². The SMILES string of the molecule is CSCCC(NC(=O)C(CO)NC(=O)C(CO)NC(=O)C(N)CC(C)C)C(=O)O. The number of aliphatic hydroxyl groups is 2. The number of aliphatic hydroxyl groups excluding tert-OH is 2. The highest BCUT2D eigenvalue weighted by Gasteiger charge is 2.29. The lowest BCUT2D eigenvalue weighted by molar-refractivity contribution is -0.142. The maximum absolute atomic E-state index is 12.3. The normalized spacial score (nSPS) is 15.1.